The first-order chi connectivity index (χ1) is 8.49. The van der Waals surface area contributed by atoms with E-state index in [0.29, 0.717) is 25.3 Å². The van der Waals surface area contributed by atoms with Gasteiger partial charge in [-0.1, -0.05) is 6.92 Å². The van der Waals surface area contributed by atoms with E-state index in [0.717, 1.165) is 5.56 Å². The van der Waals surface area contributed by atoms with Gasteiger partial charge in [-0.15, -0.1) is 0 Å². The maximum Gasteiger partial charge on any atom is 0.311 e. The standard InChI is InChI=1S/C12H17N3O3/c1-8-5-10(15(17)18)12(13-6-8)14-4-3-11(16)9(2)7-14/h5-6,9,11,16H,3-4,7H2,1-2H3. The van der Waals surface area contributed by atoms with Gasteiger partial charge in [0.25, 0.3) is 0 Å². The maximum absolute atomic E-state index is 11.1. The minimum absolute atomic E-state index is 0.0404. The lowest BCUT2D eigenvalue weighted by atomic mass is 9.97. The van der Waals surface area contributed by atoms with Crippen LogP contribution in [0.25, 0.3) is 0 Å². The monoisotopic (exact) mass is 251 g/mol. The van der Waals surface area contributed by atoms with Crippen LogP contribution in [0.4, 0.5) is 11.5 Å². The van der Waals surface area contributed by atoms with E-state index in [1.54, 1.807) is 13.1 Å². The molecular weight excluding hydrogens is 234 g/mol. The third kappa shape index (κ3) is 2.43. The molecule has 2 heterocycles. The molecule has 0 saturated carbocycles. The average molecular weight is 251 g/mol. The van der Waals surface area contributed by atoms with Crippen molar-refractivity contribution in [2.24, 2.45) is 5.92 Å². The van der Waals surface area contributed by atoms with Crippen LogP contribution in [-0.4, -0.2) is 34.2 Å². The zero-order valence-electron chi connectivity index (χ0n) is 10.5. The van der Waals surface area contributed by atoms with Gasteiger partial charge in [-0.3, -0.25) is 10.1 Å². The second kappa shape index (κ2) is 4.89. The molecule has 0 spiro atoms. The van der Waals surface area contributed by atoms with Crippen LogP contribution in [0.1, 0.15) is 18.9 Å². The number of hydrogen-bond acceptors (Lipinski definition) is 5. The van der Waals surface area contributed by atoms with Gasteiger partial charge in [0.2, 0.25) is 5.82 Å². The van der Waals surface area contributed by atoms with Gasteiger partial charge in [-0.05, 0) is 24.8 Å². The maximum atomic E-state index is 11.1. The van der Waals surface area contributed by atoms with E-state index in [4.69, 9.17) is 0 Å². The fraction of sp³-hybridized carbons (Fsp3) is 0.583. The quantitative estimate of drug-likeness (QED) is 0.636. The summed E-state index contributed by atoms with van der Waals surface area (Å²) in [4.78, 5) is 16.7. The van der Waals surface area contributed by atoms with Crippen LogP contribution in [0.3, 0.4) is 0 Å². The molecule has 18 heavy (non-hydrogen) atoms. The van der Waals surface area contributed by atoms with Crippen molar-refractivity contribution in [2.45, 2.75) is 26.4 Å². The lowest BCUT2D eigenvalue weighted by Gasteiger charge is -2.34. The molecule has 1 aliphatic rings. The number of aliphatic hydroxyl groups is 1. The molecule has 1 aromatic heterocycles. The molecular formula is C12H17N3O3. The van der Waals surface area contributed by atoms with Gasteiger partial charge in [-0.2, -0.15) is 0 Å². The van der Waals surface area contributed by atoms with Gasteiger partial charge >= 0.3 is 5.69 Å². The summed E-state index contributed by atoms with van der Waals surface area (Å²) < 4.78 is 0. The van der Waals surface area contributed by atoms with Crippen LogP contribution >= 0.6 is 0 Å². The minimum Gasteiger partial charge on any atom is -0.393 e. The number of piperidine rings is 1. The highest BCUT2D eigenvalue weighted by Gasteiger charge is 2.29. The molecule has 0 amide bonds. The number of nitro groups is 1. The van der Waals surface area contributed by atoms with Crippen LogP contribution in [0, 0.1) is 23.0 Å². The van der Waals surface area contributed by atoms with Gasteiger partial charge in [-0.25, -0.2) is 4.98 Å². The predicted octanol–water partition coefficient (Wildman–Crippen LogP) is 1.51. The lowest BCUT2D eigenvalue weighted by Crippen LogP contribution is -2.42. The van der Waals surface area contributed by atoms with Gasteiger partial charge in [0.15, 0.2) is 0 Å². The molecule has 1 fully saturated rings. The van der Waals surface area contributed by atoms with E-state index < -0.39 is 4.92 Å². The summed E-state index contributed by atoms with van der Waals surface area (Å²) in [5.74, 6) is 0.505. The number of aryl methyl sites for hydroxylation is 1. The zero-order valence-corrected chi connectivity index (χ0v) is 10.5. The van der Waals surface area contributed by atoms with Gasteiger partial charge < -0.3 is 10.0 Å². The van der Waals surface area contributed by atoms with Crippen LogP contribution < -0.4 is 4.90 Å². The molecule has 1 aromatic rings. The van der Waals surface area contributed by atoms with E-state index in [1.165, 1.54) is 6.07 Å². The number of anilines is 1. The van der Waals surface area contributed by atoms with E-state index in [-0.39, 0.29) is 17.7 Å². The molecule has 0 radical (unpaired) electrons. The van der Waals surface area contributed by atoms with Crippen LogP contribution in [0.15, 0.2) is 12.3 Å². The highest BCUT2D eigenvalue weighted by molar-refractivity contribution is 5.58. The van der Waals surface area contributed by atoms with Crippen molar-refractivity contribution in [1.29, 1.82) is 0 Å². The van der Waals surface area contributed by atoms with Gasteiger partial charge in [0.05, 0.1) is 11.0 Å². The van der Waals surface area contributed by atoms with Gasteiger partial charge in [0.1, 0.15) is 0 Å². The molecule has 2 rings (SSSR count). The van der Waals surface area contributed by atoms with Crippen LogP contribution in [-0.2, 0) is 0 Å². The van der Waals surface area contributed by atoms with E-state index in [1.807, 2.05) is 11.8 Å². The second-order valence-corrected chi connectivity index (χ2v) is 4.89. The van der Waals surface area contributed by atoms with E-state index in [2.05, 4.69) is 4.98 Å². The van der Waals surface area contributed by atoms with Crippen molar-refractivity contribution >= 4 is 11.5 Å². The fourth-order valence-corrected chi connectivity index (χ4v) is 2.25. The zero-order chi connectivity index (χ0) is 13.3. The average Bonchev–Trinajstić information content (AvgIpc) is 2.32. The third-order valence-electron chi connectivity index (χ3n) is 3.34. The SMILES string of the molecule is Cc1cnc(N2CCC(O)C(C)C2)c([N+](=O)[O-])c1. The normalized spacial score (nSPS) is 24.1. The summed E-state index contributed by atoms with van der Waals surface area (Å²) in [5, 5.41) is 20.7. The summed E-state index contributed by atoms with van der Waals surface area (Å²) in [6.07, 6.45) is 1.93. The van der Waals surface area contributed by atoms with Crippen molar-refractivity contribution in [3.63, 3.8) is 0 Å². The number of hydrogen-bond donors (Lipinski definition) is 1. The summed E-state index contributed by atoms with van der Waals surface area (Å²) in [6, 6.07) is 1.54. The largest absolute Gasteiger partial charge is 0.393 e. The van der Waals surface area contributed by atoms with Crippen LogP contribution in [0.2, 0.25) is 0 Å². The number of rotatable bonds is 2. The molecule has 2 atom stereocenters. The first kappa shape index (κ1) is 12.8. The van der Waals surface area contributed by atoms with E-state index in [9.17, 15) is 15.2 Å². The molecule has 6 heteroatoms. The first-order valence-corrected chi connectivity index (χ1v) is 6.03. The van der Waals surface area contributed by atoms with Gasteiger partial charge in [0, 0.05) is 25.4 Å². The highest BCUT2D eigenvalue weighted by Crippen LogP contribution is 2.30. The lowest BCUT2D eigenvalue weighted by molar-refractivity contribution is -0.384. The Morgan fingerprint density at radius 3 is 2.94 bits per heavy atom. The Hall–Kier alpha value is -1.69. The molecule has 6 nitrogen and oxygen atoms in total. The molecule has 1 aliphatic heterocycles. The number of nitrogens with zero attached hydrogens (tertiary/aromatic N) is 3. The molecule has 0 aromatic carbocycles. The molecule has 98 valence electrons. The first-order valence-electron chi connectivity index (χ1n) is 6.03. The Bertz CT molecular complexity index is 464. The summed E-state index contributed by atoms with van der Waals surface area (Å²) in [6.45, 7) is 4.92. The van der Waals surface area contributed by atoms with E-state index >= 15 is 0 Å². The summed E-state index contributed by atoms with van der Waals surface area (Å²) in [7, 11) is 0. The van der Waals surface area contributed by atoms with Crippen molar-refractivity contribution in [2.75, 3.05) is 18.0 Å². The predicted molar refractivity (Wildman–Crippen MR) is 67.6 cm³/mol. The summed E-state index contributed by atoms with van der Waals surface area (Å²) in [5.41, 5.74) is 0.814. The summed E-state index contributed by atoms with van der Waals surface area (Å²) >= 11 is 0. The molecule has 0 aliphatic carbocycles. The molecule has 1 N–H and O–H groups in total. The number of aromatic nitrogens is 1. The van der Waals surface area contributed by atoms with Crippen LogP contribution in [0.5, 0.6) is 0 Å². The fourth-order valence-electron chi connectivity index (χ4n) is 2.25. The Kier molecular flexibility index (Phi) is 3.47. The Morgan fingerprint density at radius 2 is 2.33 bits per heavy atom. The number of aliphatic hydroxyl groups excluding tert-OH is 1. The van der Waals surface area contributed by atoms with Crippen molar-refractivity contribution in [3.05, 3.63) is 27.9 Å². The third-order valence-corrected chi connectivity index (χ3v) is 3.34. The smallest absolute Gasteiger partial charge is 0.311 e. The molecule has 0 bridgehead atoms. The van der Waals surface area contributed by atoms with Crippen molar-refractivity contribution < 1.29 is 10.0 Å². The topological polar surface area (TPSA) is 79.5 Å². The van der Waals surface area contributed by atoms with Crippen molar-refractivity contribution in [3.8, 4) is 0 Å². The molecule has 1 saturated heterocycles. The Balaban J connectivity index is 2.30. The highest BCUT2D eigenvalue weighted by atomic mass is 16.6. The minimum atomic E-state index is -0.398. The number of pyridine rings is 1. The second-order valence-electron chi connectivity index (χ2n) is 4.89. The van der Waals surface area contributed by atoms with Crippen molar-refractivity contribution in [1.82, 2.24) is 4.98 Å². The Morgan fingerprint density at radius 1 is 1.61 bits per heavy atom. The molecule has 2 unspecified atom stereocenters. The Labute approximate surface area is 105 Å².